The van der Waals surface area contributed by atoms with E-state index < -0.39 is 0 Å². The van der Waals surface area contributed by atoms with E-state index in [1.54, 1.807) is 12.4 Å². The summed E-state index contributed by atoms with van der Waals surface area (Å²) in [5.74, 6) is 0.729. The van der Waals surface area contributed by atoms with Crippen molar-refractivity contribution in [1.82, 2.24) is 24.7 Å². The molecule has 0 unspecified atom stereocenters. The number of Topliss-reactive ketones (excluding diaryl/α,β-unsaturated/α-hetero) is 2. The molecule has 0 aromatic carbocycles. The number of pyridine rings is 1. The zero-order valence-corrected chi connectivity index (χ0v) is 17.7. The predicted molar refractivity (Wildman–Crippen MR) is 111 cm³/mol. The molecular formula is C21H23N5O2S. The van der Waals surface area contributed by atoms with Gasteiger partial charge in [-0.25, -0.2) is 0 Å². The molecule has 1 aliphatic carbocycles. The number of hydrogen-bond donors (Lipinski definition) is 1. The normalized spacial score (nSPS) is 14.8. The zero-order chi connectivity index (χ0) is 20.7. The fraction of sp³-hybridized carbons (Fsp3) is 0.381. The lowest BCUT2D eigenvalue weighted by atomic mass is 10.0. The standard InChI is InChI=1S/C21H23N5O2S/c1-11-17(13(3)27)12(2)23-18(11)19(28)14(4)29-21-25-24-20(26(21)16-5-6-16)15-7-9-22-10-8-15/h7-10,14,16,23H,5-6H2,1-4H3/t14-/m0/s1. The van der Waals surface area contributed by atoms with Crippen molar-refractivity contribution in [1.29, 1.82) is 0 Å². The summed E-state index contributed by atoms with van der Waals surface area (Å²) in [7, 11) is 0. The minimum absolute atomic E-state index is 0.0360. The summed E-state index contributed by atoms with van der Waals surface area (Å²) in [6.45, 7) is 7.03. The highest BCUT2D eigenvalue weighted by atomic mass is 32.2. The van der Waals surface area contributed by atoms with Crippen LogP contribution in [0.5, 0.6) is 0 Å². The lowest BCUT2D eigenvalue weighted by Gasteiger charge is -2.12. The van der Waals surface area contributed by atoms with Crippen molar-refractivity contribution >= 4 is 23.3 Å². The molecule has 1 saturated carbocycles. The van der Waals surface area contributed by atoms with Crippen LogP contribution in [0.3, 0.4) is 0 Å². The first kappa shape index (κ1) is 19.6. The largest absolute Gasteiger partial charge is 0.355 e. The number of nitrogens with one attached hydrogen (secondary N) is 1. The molecule has 0 radical (unpaired) electrons. The van der Waals surface area contributed by atoms with Gasteiger partial charge in [0.05, 0.1) is 10.9 Å². The number of aromatic nitrogens is 5. The van der Waals surface area contributed by atoms with Crippen LogP contribution in [-0.4, -0.2) is 41.5 Å². The van der Waals surface area contributed by atoms with Gasteiger partial charge in [-0.2, -0.15) is 0 Å². The van der Waals surface area contributed by atoms with Gasteiger partial charge in [-0.1, -0.05) is 11.8 Å². The summed E-state index contributed by atoms with van der Waals surface area (Å²) >= 11 is 1.41. The van der Waals surface area contributed by atoms with E-state index in [0.717, 1.165) is 35.1 Å². The number of rotatable bonds is 7. The summed E-state index contributed by atoms with van der Waals surface area (Å²) in [5.41, 5.74) is 3.52. The first-order chi connectivity index (χ1) is 13.9. The van der Waals surface area contributed by atoms with E-state index in [1.807, 2.05) is 32.9 Å². The van der Waals surface area contributed by atoms with Crippen molar-refractivity contribution in [2.45, 2.75) is 57.0 Å². The lowest BCUT2D eigenvalue weighted by Crippen LogP contribution is -2.16. The van der Waals surface area contributed by atoms with Crippen LogP contribution in [0.2, 0.25) is 0 Å². The number of aryl methyl sites for hydroxylation is 1. The number of hydrogen-bond acceptors (Lipinski definition) is 6. The Hall–Kier alpha value is -2.74. The Morgan fingerprint density at radius 1 is 1.21 bits per heavy atom. The summed E-state index contributed by atoms with van der Waals surface area (Å²) in [6, 6.07) is 4.21. The van der Waals surface area contributed by atoms with Crippen LogP contribution in [0.4, 0.5) is 0 Å². The molecule has 29 heavy (non-hydrogen) atoms. The number of carbonyl (C=O) groups excluding carboxylic acids is 2. The van der Waals surface area contributed by atoms with Crippen LogP contribution in [0.15, 0.2) is 29.7 Å². The van der Waals surface area contributed by atoms with E-state index in [0.29, 0.717) is 22.9 Å². The predicted octanol–water partition coefficient (Wildman–Crippen LogP) is 4.19. The van der Waals surface area contributed by atoms with Crippen molar-refractivity contribution < 1.29 is 9.59 Å². The highest BCUT2D eigenvalue weighted by Crippen LogP contribution is 2.42. The number of carbonyl (C=O) groups is 2. The number of thioether (sulfide) groups is 1. The summed E-state index contributed by atoms with van der Waals surface area (Å²) in [4.78, 5) is 32.2. The Labute approximate surface area is 173 Å². The molecular weight excluding hydrogens is 386 g/mol. The van der Waals surface area contributed by atoms with Gasteiger partial charge in [0.2, 0.25) is 0 Å². The Kier molecular flexibility index (Phi) is 5.12. The molecule has 8 heteroatoms. The maximum Gasteiger partial charge on any atom is 0.192 e. The fourth-order valence-electron chi connectivity index (χ4n) is 3.66. The molecule has 150 valence electrons. The second-order valence-corrected chi connectivity index (χ2v) is 8.76. The van der Waals surface area contributed by atoms with E-state index >= 15 is 0 Å². The van der Waals surface area contributed by atoms with E-state index in [9.17, 15) is 9.59 Å². The van der Waals surface area contributed by atoms with Crippen molar-refractivity contribution in [2.24, 2.45) is 0 Å². The van der Waals surface area contributed by atoms with Crippen LogP contribution >= 0.6 is 11.8 Å². The Balaban J connectivity index is 1.62. The van der Waals surface area contributed by atoms with Crippen molar-refractivity contribution in [3.05, 3.63) is 47.0 Å². The monoisotopic (exact) mass is 409 g/mol. The van der Waals surface area contributed by atoms with Gasteiger partial charge in [0.25, 0.3) is 0 Å². The third-order valence-corrected chi connectivity index (χ3v) is 6.26. The summed E-state index contributed by atoms with van der Waals surface area (Å²) < 4.78 is 2.14. The molecule has 1 atom stereocenters. The van der Waals surface area contributed by atoms with Gasteiger partial charge in [-0.3, -0.25) is 19.1 Å². The molecule has 0 aliphatic heterocycles. The van der Waals surface area contributed by atoms with Crippen LogP contribution in [0.1, 0.15) is 64.8 Å². The minimum atomic E-state index is -0.362. The van der Waals surface area contributed by atoms with Crippen LogP contribution in [0.25, 0.3) is 11.4 Å². The quantitative estimate of drug-likeness (QED) is 0.465. The smallest absolute Gasteiger partial charge is 0.192 e. The molecule has 3 heterocycles. The molecule has 0 amide bonds. The molecule has 1 N–H and O–H groups in total. The number of H-pyrrole nitrogens is 1. The van der Waals surface area contributed by atoms with E-state index in [2.05, 4.69) is 24.7 Å². The van der Waals surface area contributed by atoms with Crippen molar-refractivity contribution in [3.8, 4) is 11.4 Å². The second kappa shape index (κ2) is 7.59. The summed E-state index contributed by atoms with van der Waals surface area (Å²) in [5, 5.41) is 9.16. The number of nitrogens with zero attached hydrogens (tertiary/aromatic N) is 4. The molecule has 3 aromatic rings. The first-order valence-electron chi connectivity index (χ1n) is 9.64. The highest BCUT2D eigenvalue weighted by molar-refractivity contribution is 8.00. The molecule has 0 bridgehead atoms. The third kappa shape index (κ3) is 3.64. The van der Waals surface area contributed by atoms with E-state index in [4.69, 9.17) is 0 Å². The van der Waals surface area contributed by atoms with Gasteiger partial charge in [0.1, 0.15) is 0 Å². The fourth-order valence-corrected chi connectivity index (χ4v) is 4.63. The molecule has 1 fully saturated rings. The molecule has 7 nitrogen and oxygen atoms in total. The van der Waals surface area contributed by atoms with Crippen LogP contribution in [0, 0.1) is 13.8 Å². The first-order valence-corrected chi connectivity index (χ1v) is 10.5. The average Bonchev–Trinajstić information content (AvgIpc) is 3.38. The molecule has 0 spiro atoms. The maximum atomic E-state index is 13.1. The van der Waals surface area contributed by atoms with Crippen LogP contribution in [-0.2, 0) is 0 Å². The average molecular weight is 410 g/mol. The van der Waals surface area contributed by atoms with Crippen molar-refractivity contribution in [2.75, 3.05) is 0 Å². The minimum Gasteiger partial charge on any atom is -0.355 e. The van der Waals surface area contributed by atoms with Crippen molar-refractivity contribution in [3.63, 3.8) is 0 Å². The van der Waals surface area contributed by atoms with E-state index in [1.165, 1.54) is 18.7 Å². The highest BCUT2D eigenvalue weighted by Gasteiger charge is 2.32. The third-order valence-electron chi connectivity index (χ3n) is 5.20. The zero-order valence-electron chi connectivity index (χ0n) is 16.9. The maximum absolute atomic E-state index is 13.1. The van der Waals surface area contributed by atoms with Gasteiger partial charge < -0.3 is 4.98 Å². The number of aromatic amines is 1. The second-order valence-electron chi connectivity index (χ2n) is 7.45. The van der Waals surface area contributed by atoms with Gasteiger partial charge >= 0.3 is 0 Å². The van der Waals surface area contributed by atoms with Gasteiger partial charge in [0, 0.05) is 35.3 Å². The summed E-state index contributed by atoms with van der Waals surface area (Å²) in [6.07, 6.45) is 5.65. The van der Waals surface area contributed by atoms with Gasteiger partial charge in [0.15, 0.2) is 22.5 Å². The topological polar surface area (TPSA) is 93.5 Å². The Bertz CT molecular complexity index is 1080. The SMILES string of the molecule is CC(=O)c1c(C)[nH]c(C(=O)[C@H](C)Sc2nnc(-c3ccncc3)n2C2CC2)c1C. The van der Waals surface area contributed by atoms with Gasteiger partial charge in [-0.15, -0.1) is 10.2 Å². The van der Waals surface area contributed by atoms with E-state index in [-0.39, 0.29) is 16.8 Å². The van der Waals surface area contributed by atoms with Crippen LogP contribution < -0.4 is 0 Å². The molecule has 1 aliphatic rings. The molecule has 3 aromatic heterocycles. The van der Waals surface area contributed by atoms with Gasteiger partial charge in [-0.05, 0) is 58.2 Å². The Morgan fingerprint density at radius 2 is 1.90 bits per heavy atom. The lowest BCUT2D eigenvalue weighted by molar-refractivity contribution is 0.0988. The molecule has 4 rings (SSSR count). The molecule has 0 saturated heterocycles. The Morgan fingerprint density at radius 3 is 2.48 bits per heavy atom. The number of ketones is 2.